The van der Waals surface area contributed by atoms with Crippen molar-refractivity contribution in [2.45, 2.75) is 18.4 Å². The number of carbonyl (C=O) groups is 1. The lowest BCUT2D eigenvalue weighted by Crippen LogP contribution is -2.39. The molecule has 122 valence electrons. The van der Waals surface area contributed by atoms with Gasteiger partial charge in [-0.3, -0.25) is 4.79 Å². The molecule has 24 heavy (non-hydrogen) atoms. The Labute approximate surface area is 140 Å². The van der Waals surface area contributed by atoms with Gasteiger partial charge in [0, 0.05) is 24.1 Å². The van der Waals surface area contributed by atoms with E-state index in [-0.39, 0.29) is 12.5 Å². The van der Waals surface area contributed by atoms with E-state index in [0.29, 0.717) is 12.0 Å². The van der Waals surface area contributed by atoms with E-state index in [1.54, 1.807) is 0 Å². The molecule has 4 nitrogen and oxygen atoms in total. The smallest absolute Gasteiger partial charge is 0.253 e. The summed E-state index contributed by atoms with van der Waals surface area (Å²) in [4.78, 5) is 12.6. The molecule has 0 fully saturated rings. The molecular formula is C20H20N2O2. The number of nitrogens with zero attached hydrogens (tertiary/aromatic N) is 1. The first-order chi connectivity index (χ1) is 11.6. The van der Waals surface area contributed by atoms with Crippen LogP contribution in [0.25, 0.3) is 10.9 Å². The zero-order valence-electron chi connectivity index (χ0n) is 13.6. The maximum atomic E-state index is 12.6. The fraction of sp³-hybridized carbons (Fsp3) is 0.250. The third-order valence-corrected chi connectivity index (χ3v) is 5.01. The summed E-state index contributed by atoms with van der Waals surface area (Å²) in [5.41, 5.74) is 2.79. The minimum atomic E-state index is -0.975. The van der Waals surface area contributed by atoms with Crippen LogP contribution in [0.1, 0.15) is 27.9 Å². The molecule has 1 unspecified atom stereocenters. The molecule has 4 heteroatoms. The zero-order valence-corrected chi connectivity index (χ0v) is 13.6. The Morgan fingerprint density at radius 2 is 1.96 bits per heavy atom. The number of benzene rings is 2. The fourth-order valence-corrected chi connectivity index (χ4v) is 3.70. The van der Waals surface area contributed by atoms with Crippen LogP contribution in [0.3, 0.4) is 0 Å². The standard InChI is InChI=1S/C20H20N2O2/c1-22-12-16(15-7-3-5-9-18(15)22)19(23)21-13-20(24)11-10-14-6-2-4-8-17(14)20/h2-9,12,24H,10-11,13H2,1H3,(H,21,23). The molecule has 0 saturated heterocycles. The van der Waals surface area contributed by atoms with Crippen molar-refractivity contribution in [3.8, 4) is 0 Å². The second-order valence-electron chi connectivity index (χ2n) is 6.54. The summed E-state index contributed by atoms with van der Waals surface area (Å²) in [6, 6.07) is 15.7. The Morgan fingerprint density at radius 3 is 2.83 bits per heavy atom. The Balaban J connectivity index is 1.57. The Morgan fingerprint density at radius 1 is 1.21 bits per heavy atom. The van der Waals surface area contributed by atoms with Gasteiger partial charge in [0.05, 0.1) is 12.1 Å². The maximum Gasteiger partial charge on any atom is 0.253 e. The predicted molar refractivity (Wildman–Crippen MR) is 93.9 cm³/mol. The van der Waals surface area contributed by atoms with Crippen molar-refractivity contribution in [1.82, 2.24) is 9.88 Å². The summed E-state index contributed by atoms with van der Waals surface area (Å²) < 4.78 is 1.95. The van der Waals surface area contributed by atoms with Crippen molar-refractivity contribution < 1.29 is 9.90 Å². The first-order valence-corrected chi connectivity index (χ1v) is 8.21. The van der Waals surface area contributed by atoms with Gasteiger partial charge >= 0.3 is 0 Å². The average Bonchev–Trinajstić information content (AvgIpc) is 3.13. The Bertz CT molecular complexity index is 928. The van der Waals surface area contributed by atoms with Crippen molar-refractivity contribution in [2.24, 2.45) is 7.05 Å². The highest BCUT2D eigenvalue weighted by atomic mass is 16.3. The van der Waals surface area contributed by atoms with Crippen molar-refractivity contribution in [2.75, 3.05) is 6.54 Å². The van der Waals surface area contributed by atoms with Crippen molar-refractivity contribution in [1.29, 1.82) is 0 Å². The highest BCUT2D eigenvalue weighted by Crippen LogP contribution is 2.36. The lowest BCUT2D eigenvalue weighted by atomic mass is 9.96. The Hall–Kier alpha value is -2.59. The molecule has 1 heterocycles. The third kappa shape index (κ3) is 2.31. The maximum absolute atomic E-state index is 12.6. The predicted octanol–water partition coefficient (Wildman–Crippen LogP) is 2.74. The minimum Gasteiger partial charge on any atom is -0.383 e. The molecule has 1 aromatic heterocycles. The molecule has 0 bridgehead atoms. The van der Waals surface area contributed by atoms with Gasteiger partial charge in [-0.15, -0.1) is 0 Å². The van der Waals surface area contributed by atoms with Gasteiger partial charge in [0.1, 0.15) is 5.60 Å². The lowest BCUT2D eigenvalue weighted by Gasteiger charge is -2.24. The zero-order chi connectivity index (χ0) is 16.7. The molecular weight excluding hydrogens is 300 g/mol. The number of fused-ring (bicyclic) bond motifs is 2. The minimum absolute atomic E-state index is 0.149. The first kappa shape index (κ1) is 15.0. The second-order valence-corrected chi connectivity index (χ2v) is 6.54. The highest BCUT2D eigenvalue weighted by Gasteiger charge is 2.36. The van der Waals surface area contributed by atoms with E-state index in [2.05, 4.69) is 5.32 Å². The quantitative estimate of drug-likeness (QED) is 0.780. The average molecular weight is 320 g/mol. The number of aryl methyl sites for hydroxylation is 2. The summed E-state index contributed by atoms with van der Waals surface area (Å²) >= 11 is 0. The van der Waals surface area contributed by atoms with Crippen LogP contribution in [0.2, 0.25) is 0 Å². The molecule has 0 radical (unpaired) electrons. The van der Waals surface area contributed by atoms with Crippen LogP contribution in [0, 0.1) is 0 Å². The Kier molecular flexibility index (Phi) is 3.43. The number of aliphatic hydroxyl groups is 1. The van der Waals surface area contributed by atoms with E-state index in [1.807, 2.05) is 66.3 Å². The van der Waals surface area contributed by atoms with E-state index in [9.17, 15) is 9.90 Å². The molecule has 1 atom stereocenters. The van der Waals surface area contributed by atoms with Crippen molar-refractivity contribution in [3.05, 3.63) is 71.4 Å². The van der Waals surface area contributed by atoms with Crippen LogP contribution in [-0.2, 0) is 19.1 Å². The fourth-order valence-electron chi connectivity index (χ4n) is 3.70. The number of hydrogen-bond acceptors (Lipinski definition) is 2. The van der Waals surface area contributed by atoms with Gasteiger partial charge in [-0.1, -0.05) is 42.5 Å². The molecule has 2 N–H and O–H groups in total. The third-order valence-electron chi connectivity index (χ3n) is 5.01. The summed E-state index contributed by atoms with van der Waals surface area (Å²) in [5, 5.41) is 14.8. The normalized spacial score (nSPS) is 19.4. The summed E-state index contributed by atoms with van der Waals surface area (Å²) in [6.45, 7) is 0.228. The molecule has 2 aromatic carbocycles. The van der Waals surface area contributed by atoms with Gasteiger partial charge in [0.15, 0.2) is 0 Å². The van der Waals surface area contributed by atoms with E-state index in [1.165, 1.54) is 5.56 Å². The van der Waals surface area contributed by atoms with Crippen LogP contribution >= 0.6 is 0 Å². The summed E-state index contributed by atoms with van der Waals surface area (Å²) in [7, 11) is 1.93. The number of hydrogen-bond donors (Lipinski definition) is 2. The van der Waals surface area contributed by atoms with Crippen molar-refractivity contribution >= 4 is 16.8 Å². The lowest BCUT2D eigenvalue weighted by molar-refractivity contribution is 0.0370. The van der Waals surface area contributed by atoms with Gasteiger partial charge < -0.3 is 15.0 Å². The van der Waals surface area contributed by atoms with Gasteiger partial charge in [0.2, 0.25) is 0 Å². The van der Waals surface area contributed by atoms with Crippen LogP contribution in [0.5, 0.6) is 0 Å². The SMILES string of the molecule is Cn1cc(C(=O)NCC2(O)CCc3ccccc32)c2ccccc21. The van der Waals surface area contributed by atoms with Gasteiger partial charge in [-0.25, -0.2) is 0 Å². The molecule has 1 aliphatic rings. The molecule has 0 saturated carbocycles. The van der Waals surface area contributed by atoms with Gasteiger partial charge in [-0.05, 0) is 30.0 Å². The van der Waals surface area contributed by atoms with E-state index >= 15 is 0 Å². The molecule has 0 aliphatic heterocycles. The number of para-hydroxylation sites is 1. The highest BCUT2D eigenvalue weighted by molar-refractivity contribution is 6.07. The van der Waals surface area contributed by atoms with Crippen LogP contribution in [0.4, 0.5) is 0 Å². The largest absolute Gasteiger partial charge is 0.383 e. The van der Waals surface area contributed by atoms with Gasteiger partial charge in [-0.2, -0.15) is 0 Å². The van der Waals surface area contributed by atoms with Crippen LogP contribution in [0.15, 0.2) is 54.7 Å². The number of amides is 1. The summed E-state index contributed by atoms with van der Waals surface area (Å²) in [5.74, 6) is -0.149. The number of carbonyl (C=O) groups excluding carboxylic acids is 1. The first-order valence-electron chi connectivity index (χ1n) is 8.21. The number of nitrogens with one attached hydrogen (secondary N) is 1. The van der Waals surface area contributed by atoms with Gasteiger partial charge in [0.25, 0.3) is 5.91 Å². The second kappa shape index (κ2) is 5.49. The number of rotatable bonds is 3. The van der Waals surface area contributed by atoms with E-state index in [4.69, 9.17) is 0 Å². The molecule has 0 spiro atoms. The number of aromatic nitrogens is 1. The molecule has 3 aromatic rings. The van der Waals surface area contributed by atoms with E-state index < -0.39 is 5.60 Å². The summed E-state index contributed by atoms with van der Waals surface area (Å²) in [6.07, 6.45) is 3.33. The topological polar surface area (TPSA) is 54.3 Å². The monoisotopic (exact) mass is 320 g/mol. The molecule has 1 amide bonds. The van der Waals surface area contributed by atoms with Crippen LogP contribution in [-0.4, -0.2) is 22.1 Å². The molecule has 1 aliphatic carbocycles. The molecule has 4 rings (SSSR count). The van der Waals surface area contributed by atoms with Crippen LogP contribution < -0.4 is 5.32 Å². The van der Waals surface area contributed by atoms with Crippen molar-refractivity contribution in [3.63, 3.8) is 0 Å². The van der Waals surface area contributed by atoms with E-state index in [0.717, 1.165) is 22.9 Å².